The summed E-state index contributed by atoms with van der Waals surface area (Å²) in [6, 6.07) is 10.9. The Hall–Kier alpha value is -2.39. The molecule has 2 heterocycles. The summed E-state index contributed by atoms with van der Waals surface area (Å²) in [5.41, 5.74) is -0.561. The van der Waals surface area contributed by atoms with Gasteiger partial charge in [-0.1, -0.05) is 30.3 Å². The second-order valence-corrected chi connectivity index (χ2v) is 5.98. The third-order valence-corrected chi connectivity index (χ3v) is 4.67. The van der Waals surface area contributed by atoms with Crippen LogP contribution < -0.4 is 0 Å². The fourth-order valence-electron chi connectivity index (χ4n) is 3.47. The molecule has 23 heavy (non-hydrogen) atoms. The Morgan fingerprint density at radius 1 is 1.30 bits per heavy atom. The minimum absolute atomic E-state index is 0.0737. The molecule has 120 valence electrons. The summed E-state index contributed by atoms with van der Waals surface area (Å²) >= 11 is 0. The Morgan fingerprint density at radius 3 is 2.57 bits per heavy atom. The summed E-state index contributed by atoms with van der Waals surface area (Å²) in [5, 5.41) is 9.88. The van der Waals surface area contributed by atoms with E-state index >= 15 is 0 Å². The van der Waals surface area contributed by atoms with Crippen molar-refractivity contribution in [3.63, 3.8) is 0 Å². The largest absolute Gasteiger partial charge is 0.378 e. The first kappa shape index (κ1) is 15.5. The molecular formula is C17H19N3O3. The van der Waals surface area contributed by atoms with E-state index in [1.165, 1.54) is 4.90 Å². The maximum atomic E-state index is 13.1. The van der Waals surface area contributed by atoms with Crippen molar-refractivity contribution in [1.82, 2.24) is 9.80 Å². The van der Waals surface area contributed by atoms with Crippen LogP contribution in [0.3, 0.4) is 0 Å². The standard InChI is InChI=1S/C17H19N3O3/c1-19-14(21)11-17(12-18,15(19)13-5-3-2-4-6-13)16(22)20-7-9-23-10-8-20/h2-6,15H,7-11H2,1H3/t15-,17+/m1/s1. The summed E-state index contributed by atoms with van der Waals surface area (Å²) in [5.74, 6) is -0.447. The van der Waals surface area contributed by atoms with E-state index in [0.717, 1.165) is 5.56 Å². The SMILES string of the molecule is CN1C(=O)C[C@@](C#N)(C(=O)N2CCOCC2)[C@H]1c1ccccc1. The van der Waals surface area contributed by atoms with Crippen molar-refractivity contribution in [3.8, 4) is 6.07 Å². The highest BCUT2D eigenvalue weighted by atomic mass is 16.5. The Morgan fingerprint density at radius 2 is 1.96 bits per heavy atom. The lowest BCUT2D eigenvalue weighted by atomic mass is 9.77. The first-order valence-electron chi connectivity index (χ1n) is 7.69. The monoisotopic (exact) mass is 313 g/mol. The fourth-order valence-corrected chi connectivity index (χ4v) is 3.47. The number of nitriles is 1. The zero-order chi connectivity index (χ0) is 16.4. The lowest BCUT2D eigenvalue weighted by molar-refractivity contribution is -0.144. The number of hydrogen-bond acceptors (Lipinski definition) is 4. The zero-order valence-electron chi connectivity index (χ0n) is 13.1. The molecule has 3 rings (SSSR count). The summed E-state index contributed by atoms with van der Waals surface area (Å²) in [7, 11) is 1.66. The number of carbonyl (C=O) groups excluding carboxylic acids is 2. The Bertz CT molecular complexity index is 649. The third kappa shape index (κ3) is 2.47. The van der Waals surface area contributed by atoms with Gasteiger partial charge in [-0.2, -0.15) is 5.26 Å². The molecule has 1 aromatic rings. The number of ether oxygens (including phenoxy) is 1. The lowest BCUT2D eigenvalue weighted by Crippen LogP contribution is -2.50. The van der Waals surface area contributed by atoms with E-state index < -0.39 is 11.5 Å². The third-order valence-electron chi connectivity index (χ3n) is 4.67. The molecule has 0 aromatic heterocycles. The highest BCUT2D eigenvalue weighted by Crippen LogP contribution is 2.48. The molecule has 0 radical (unpaired) electrons. The Kier molecular flexibility index (Phi) is 4.05. The van der Waals surface area contributed by atoms with Gasteiger partial charge in [0.25, 0.3) is 0 Å². The summed E-state index contributed by atoms with van der Waals surface area (Å²) in [6.45, 7) is 1.85. The smallest absolute Gasteiger partial charge is 0.246 e. The van der Waals surface area contributed by atoms with Crippen LogP contribution in [0.5, 0.6) is 0 Å². The van der Waals surface area contributed by atoms with Gasteiger partial charge < -0.3 is 14.5 Å². The van der Waals surface area contributed by atoms with Gasteiger partial charge in [0.05, 0.1) is 31.7 Å². The van der Waals surface area contributed by atoms with Crippen LogP contribution in [0.1, 0.15) is 18.0 Å². The van der Waals surface area contributed by atoms with E-state index in [2.05, 4.69) is 6.07 Å². The van der Waals surface area contributed by atoms with Gasteiger partial charge in [-0.25, -0.2) is 0 Å². The van der Waals surface area contributed by atoms with Crippen LogP contribution in [0.4, 0.5) is 0 Å². The molecule has 0 aliphatic carbocycles. The van der Waals surface area contributed by atoms with Crippen molar-refractivity contribution >= 4 is 11.8 Å². The highest BCUT2D eigenvalue weighted by Gasteiger charge is 2.58. The minimum Gasteiger partial charge on any atom is -0.378 e. The minimum atomic E-state index is -1.37. The Labute approximate surface area is 135 Å². The molecular weight excluding hydrogens is 294 g/mol. The predicted molar refractivity (Wildman–Crippen MR) is 82.0 cm³/mol. The van der Waals surface area contributed by atoms with Gasteiger partial charge in [0.15, 0.2) is 5.41 Å². The van der Waals surface area contributed by atoms with Crippen molar-refractivity contribution < 1.29 is 14.3 Å². The number of benzene rings is 1. The Balaban J connectivity index is 2.02. The van der Waals surface area contributed by atoms with Gasteiger partial charge in [0, 0.05) is 20.1 Å². The normalized spacial score (nSPS) is 27.8. The van der Waals surface area contributed by atoms with Crippen molar-refractivity contribution in [3.05, 3.63) is 35.9 Å². The quantitative estimate of drug-likeness (QED) is 0.815. The number of likely N-dealkylation sites (tertiary alicyclic amines) is 1. The first-order valence-corrected chi connectivity index (χ1v) is 7.69. The molecule has 2 aliphatic heterocycles. The number of rotatable bonds is 2. The van der Waals surface area contributed by atoms with Gasteiger partial charge in [0.1, 0.15) is 0 Å². The van der Waals surface area contributed by atoms with Gasteiger partial charge in [-0.15, -0.1) is 0 Å². The van der Waals surface area contributed by atoms with Crippen LogP contribution in [0.25, 0.3) is 0 Å². The highest BCUT2D eigenvalue weighted by molar-refractivity contribution is 5.96. The predicted octanol–water partition coefficient (Wildman–Crippen LogP) is 0.959. The summed E-state index contributed by atoms with van der Waals surface area (Å²) in [4.78, 5) is 28.6. The maximum absolute atomic E-state index is 13.1. The fraction of sp³-hybridized carbons (Fsp3) is 0.471. The van der Waals surface area contributed by atoms with Gasteiger partial charge in [-0.05, 0) is 5.56 Å². The topological polar surface area (TPSA) is 73.6 Å². The number of hydrogen-bond donors (Lipinski definition) is 0. The lowest BCUT2D eigenvalue weighted by Gasteiger charge is -2.36. The molecule has 2 saturated heterocycles. The molecule has 2 aliphatic rings. The van der Waals surface area contributed by atoms with E-state index in [-0.39, 0.29) is 18.2 Å². The van der Waals surface area contributed by atoms with Crippen molar-refractivity contribution in [2.75, 3.05) is 33.4 Å². The average molecular weight is 313 g/mol. The molecule has 6 nitrogen and oxygen atoms in total. The second kappa shape index (κ2) is 6.01. The van der Waals surface area contributed by atoms with E-state index in [0.29, 0.717) is 26.3 Å². The average Bonchev–Trinajstić information content (AvgIpc) is 2.87. The van der Waals surface area contributed by atoms with Crippen molar-refractivity contribution in [2.24, 2.45) is 5.41 Å². The van der Waals surface area contributed by atoms with Crippen LogP contribution in [-0.4, -0.2) is 55.0 Å². The zero-order valence-corrected chi connectivity index (χ0v) is 13.1. The van der Waals surface area contributed by atoms with Crippen LogP contribution >= 0.6 is 0 Å². The molecule has 0 N–H and O–H groups in total. The van der Waals surface area contributed by atoms with Crippen LogP contribution in [0.15, 0.2) is 30.3 Å². The second-order valence-electron chi connectivity index (χ2n) is 5.98. The van der Waals surface area contributed by atoms with Gasteiger partial charge in [0.2, 0.25) is 11.8 Å². The first-order chi connectivity index (χ1) is 11.1. The van der Waals surface area contributed by atoms with E-state index in [4.69, 9.17) is 4.74 Å². The summed E-state index contributed by atoms with van der Waals surface area (Å²) < 4.78 is 5.28. The number of carbonyl (C=O) groups is 2. The van der Waals surface area contributed by atoms with Gasteiger partial charge in [-0.3, -0.25) is 9.59 Å². The maximum Gasteiger partial charge on any atom is 0.246 e. The molecule has 0 unspecified atom stereocenters. The molecule has 0 bridgehead atoms. The number of nitrogens with zero attached hydrogens (tertiary/aromatic N) is 3. The van der Waals surface area contributed by atoms with E-state index in [9.17, 15) is 14.9 Å². The number of amides is 2. The molecule has 2 atom stereocenters. The molecule has 2 fully saturated rings. The summed E-state index contributed by atoms with van der Waals surface area (Å²) in [6.07, 6.45) is -0.0737. The van der Waals surface area contributed by atoms with Crippen molar-refractivity contribution in [1.29, 1.82) is 5.26 Å². The molecule has 0 spiro atoms. The number of morpholine rings is 1. The van der Waals surface area contributed by atoms with Crippen LogP contribution in [0.2, 0.25) is 0 Å². The van der Waals surface area contributed by atoms with Crippen LogP contribution in [-0.2, 0) is 14.3 Å². The molecule has 1 aromatic carbocycles. The van der Waals surface area contributed by atoms with Gasteiger partial charge >= 0.3 is 0 Å². The molecule has 2 amide bonds. The molecule has 6 heteroatoms. The van der Waals surface area contributed by atoms with E-state index in [1.807, 2.05) is 30.3 Å². The van der Waals surface area contributed by atoms with Crippen LogP contribution in [0, 0.1) is 16.7 Å². The van der Waals surface area contributed by atoms with Crippen molar-refractivity contribution in [2.45, 2.75) is 12.5 Å². The molecule has 0 saturated carbocycles. The van der Waals surface area contributed by atoms with E-state index in [1.54, 1.807) is 11.9 Å².